The molecule has 0 aliphatic heterocycles. The molecule has 0 spiro atoms. The summed E-state index contributed by atoms with van der Waals surface area (Å²) in [5, 5.41) is 0. The molecule has 0 unspecified atom stereocenters. The number of aryl methyl sites for hydroxylation is 4. The molecule has 0 fully saturated rings. The smallest absolute Gasteiger partial charge is 0.0708 e. The Balaban J connectivity index is 0.943. The summed E-state index contributed by atoms with van der Waals surface area (Å²) in [5.74, 6) is 0. The first-order valence-corrected chi connectivity index (χ1v) is 24.8. The fourth-order valence-electron chi connectivity index (χ4n) is 8.77. The minimum atomic E-state index is 0.897. The van der Waals surface area contributed by atoms with Gasteiger partial charge in [-0.1, -0.05) is 193 Å². The van der Waals surface area contributed by atoms with Gasteiger partial charge < -0.3 is 0 Å². The lowest BCUT2D eigenvalue weighted by molar-refractivity contribution is 0.926. The van der Waals surface area contributed by atoms with Crippen molar-refractivity contribution in [2.45, 2.75) is 25.7 Å². The van der Waals surface area contributed by atoms with E-state index in [0.717, 1.165) is 89.6 Å². The van der Waals surface area contributed by atoms with Crippen LogP contribution in [0.25, 0.3) is 78.3 Å². The number of hydrogen-bond donors (Lipinski definition) is 0. The van der Waals surface area contributed by atoms with E-state index >= 15 is 0 Å². The lowest BCUT2D eigenvalue weighted by Gasteiger charge is -2.16. The van der Waals surface area contributed by atoms with Crippen LogP contribution in [-0.2, 0) is 25.7 Å². The summed E-state index contributed by atoms with van der Waals surface area (Å²) >= 11 is 11.8. The fourth-order valence-corrected chi connectivity index (χ4v) is 10.5. The molecule has 3 heterocycles. The van der Waals surface area contributed by atoms with Crippen molar-refractivity contribution in [2.75, 3.05) is 0 Å². The maximum atomic E-state index is 4.82. The zero-order chi connectivity index (χ0) is 45.5. The largest absolute Gasteiger partial charge is 0.256 e. The van der Waals surface area contributed by atoms with Gasteiger partial charge in [0, 0.05) is 48.7 Å². The Labute approximate surface area is 418 Å². The van der Waals surface area contributed by atoms with Crippen LogP contribution >= 0.6 is 47.8 Å². The molecule has 0 saturated carbocycles. The number of benzene rings is 7. The van der Waals surface area contributed by atoms with Crippen molar-refractivity contribution in [1.82, 2.24) is 15.0 Å². The van der Waals surface area contributed by atoms with Gasteiger partial charge in [-0.15, -0.1) is 0 Å². The van der Waals surface area contributed by atoms with Crippen LogP contribution in [0, 0.1) is 0 Å². The second-order valence-corrected chi connectivity index (χ2v) is 19.3. The van der Waals surface area contributed by atoms with Crippen LogP contribution in [0.3, 0.4) is 0 Å². The van der Waals surface area contributed by atoms with Gasteiger partial charge in [0.15, 0.2) is 0 Å². The molecule has 6 heteroatoms. The third-order valence-electron chi connectivity index (χ3n) is 12.3. The first-order valence-electron chi connectivity index (χ1n) is 22.5. The summed E-state index contributed by atoms with van der Waals surface area (Å²) in [7, 11) is 0. The van der Waals surface area contributed by atoms with E-state index in [0.29, 0.717) is 0 Å². The summed E-state index contributed by atoms with van der Waals surface area (Å²) in [5.41, 5.74) is 20.7. The number of halogens is 3. The molecule has 0 atom stereocenters. The molecule has 10 aromatic rings. The topological polar surface area (TPSA) is 38.7 Å². The summed E-state index contributed by atoms with van der Waals surface area (Å²) in [6.45, 7) is 0. The third kappa shape index (κ3) is 10.4. The van der Waals surface area contributed by atoms with Crippen molar-refractivity contribution < 1.29 is 0 Å². The minimum absolute atomic E-state index is 0.897. The molecular formula is C61H44Br3N3. The quantitative estimate of drug-likeness (QED) is 0.115. The van der Waals surface area contributed by atoms with Crippen LogP contribution < -0.4 is 0 Å². The van der Waals surface area contributed by atoms with E-state index in [4.69, 9.17) is 4.98 Å². The summed E-state index contributed by atoms with van der Waals surface area (Å²) in [4.78, 5) is 14.0. The molecule has 67 heavy (non-hydrogen) atoms. The highest BCUT2D eigenvalue weighted by atomic mass is 79.9. The second kappa shape index (κ2) is 20.5. The van der Waals surface area contributed by atoms with Gasteiger partial charge in [0.05, 0.1) is 17.1 Å². The average Bonchev–Trinajstić information content (AvgIpc) is 3.38. The summed E-state index contributed by atoms with van der Waals surface area (Å²) < 4.78 is 3.22. The van der Waals surface area contributed by atoms with Crippen molar-refractivity contribution in [3.05, 3.63) is 254 Å². The van der Waals surface area contributed by atoms with Crippen molar-refractivity contribution in [1.29, 1.82) is 0 Å². The molecule has 3 nitrogen and oxygen atoms in total. The van der Waals surface area contributed by atoms with Crippen LogP contribution in [0.15, 0.2) is 232 Å². The van der Waals surface area contributed by atoms with Crippen LogP contribution in [0.1, 0.15) is 22.3 Å². The van der Waals surface area contributed by atoms with E-state index in [1.807, 2.05) is 42.9 Å². The second-order valence-electron chi connectivity index (χ2n) is 16.7. The van der Waals surface area contributed by atoms with Gasteiger partial charge in [0.2, 0.25) is 0 Å². The maximum Gasteiger partial charge on any atom is 0.0708 e. The highest BCUT2D eigenvalue weighted by Crippen LogP contribution is 2.40. The van der Waals surface area contributed by atoms with Gasteiger partial charge in [-0.3, -0.25) is 15.0 Å². The molecular weight excluding hydrogens is 1010 g/mol. The van der Waals surface area contributed by atoms with Crippen molar-refractivity contribution in [2.24, 2.45) is 0 Å². The highest BCUT2D eigenvalue weighted by Gasteiger charge is 2.15. The molecule has 0 aliphatic carbocycles. The Morgan fingerprint density at radius 2 is 0.746 bits per heavy atom. The molecule has 324 valence electrons. The van der Waals surface area contributed by atoms with E-state index in [9.17, 15) is 0 Å². The van der Waals surface area contributed by atoms with Gasteiger partial charge in [-0.25, -0.2) is 0 Å². The standard InChI is InChI=1S/C61H44Br3N3/c62-56-37-49(59-14-6-8-31-65-59)26-24-46(56)18-16-41-34-42(17-19-47-25-27-50(38-57(47)63)60-15-7-9-32-66-60)36-52(35-41)53-12-4-5-13-54(53)55-29-28-51(39-58(55)64)61-40-48(30-33-67-61)45-22-20-44(21-23-45)43-10-2-1-3-11-43/h1-15,20-40H,16-19H2. The van der Waals surface area contributed by atoms with Crippen LogP contribution in [0.2, 0.25) is 0 Å². The maximum absolute atomic E-state index is 4.82. The number of nitrogens with zero attached hydrogens (tertiary/aromatic N) is 3. The predicted molar refractivity (Wildman–Crippen MR) is 289 cm³/mol. The molecule has 0 aliphatic rings. The summed E-state index contributed by atoms with van der Waals surface area (Å²) in [6, 6.07) is 71.4. The number of pyridine rings is 3. The van der Waals surface area contributed by atoms with Crippen LogP contribution in [0.5, 0.6) is 0 Å². The first-order chi connectivity index (χ1) is 32.9. The zero-order valence-electron chi connectivity index (χ0n) is 36.6. The molecule has 0 radical (unpaired) electrons. The zero-order valence-corrected chi connectivity index (χ0v) is 41.3. The predicted octanol–water partition coefficient (Wildman–Crippen LogP) is 17.4. The fraction of sp³-hybridized carbons (Fsp3) is 0.0656. The molecule has 7 aromatic carbocycles. The van der Waals surface area contributed by atoms with Gasteiger partial charge in [-0.2, -0.15) is 0 Å². The van der Waals surface area contributed by atoms with Gasteiger partial charge in [0.1, 0.15) is 0 Å². The Kier molecular flexibility index (Phi) is 13.6. The van der Waals surface area contributed by atoms with Crippen LogP contribution in [0.4, 0.5) is 0 Å². The van der Waals surface area contributed by atoms with Gasteiger partial charge in [-0.05, 0) is 147 Å². The Hall–Kier alpha value is -6.57. The van der Waals surface area contributed by atoms with E-state index in [1.165, 1.54) is 50.1 Å². The molecule has 0 amide bonds. The van der Waals surface area contributed by atoms with Gasteiger partial charge in [0.25, 0.3) is 0 Å². The lowest BCUT2D eigenvalue weighted by Crippen LogP contribution is -1.99. The Morgan fingerprint density at radius 3 is 1.31 bits per heavy atom. The minimum Gasteiger partial charge on any atom is -0.256 e. The highest BCUT2D eigenvalue weighted by molar-refractivity contribution is 9.11. The van der Waals surface area contributed by atoms with E-state index in [2.05, 4.69) is 234 Å². The molecule has 3 aromatic heterocycles. The first kappa shape index (κ1) is 44.3. The van der Waals surface area contributed by atoms with Crippen LogP contribution in [-0.4, -0.2) is 15.0 Å². The Bertz CT molecular complexity index is 3210. The van der Waals surface area contributed by atoms with Crippen molar-refractivity contribution >= 4 is 47.8 Å². The van der Waals surface area contributed by atoms with E-state index < -0.39 is 0 Å². The summed E-state index contributed by atoms with van der Waals surface area (Å²) in [6.07, 6.45) is 9.18. The molecule has 0 bridgehead atoms. The SMILES string of the molecule is Brc1cc(-c2ccccn2)ccc1CCc1cc(CCc2ccc(-c3ccccn3)cc2Br)cc(-c2ccccc2-c2ccc(-c3cc(-c4ccc(-c5ccccc5)cc4)ccn3)cc2Br)c1. The number of rotatable bonds is 13. The normalized spacial score (nSPS) is 11.1. The van der Waals surface area contributed by atoms with E-state index in [1.54, 1.807) is 0 Å². The average molecular weight is 1060 g/mol. The monoisotopic (exact) mass is 1060 g/mol. The van der Waals surface area contributed by atoms with Crippen molar-refractivity contribution in [3.63, 3.8) is 0 Å². The molecule has 0 saturated heterocycles. The Morgan fingerprint density at radius 1 is 0.269 bits per heavy atom. The number of aromatic nitrogens is 3. The van der Waals surface area contributed by atoms with Gasteiger partial charge >= 0.3 is 0 Å². The van der Waals surface area contributed by atoms with Crippen molar-refractivity contribution in [3.8, 4) is 78.3 Å². The number of hydrogen-bond acceptors (Lipinski definition) is 3. The molecule has 0 N–H and O–H groups in total. The lowest BCUT2D eigenvalue weighted by atomic mass is 9.90. The van der Waals surface area contributed by atoms with E-state index in [-0.39, 0.29) is 0 Å². The third-order valence-corrected chi connectivity index (χ3v) is 14.5. The molecule has 10 rings (SSSR count).